The number of hydrogen-bond donors (Lipinski definition) is 1. The van der Waals surface area contributed by atoms with Crippen molar-refractivity contribution in [3.05, 3.63) is 46.0 Å². The van der Waals surface area contributed by atoms with E-state index in [1.165, 1.54) is 16.9 Å². The van der Waals surface area contributed by atoms with Gasteiger partial charge in [-0.2, -0.15) is 0 Å². The van der Waals surface area contributed by atoms with E-state index in [0.29, 0.717) is 24.6 Å². The minimum atomic E-state index is 0.0923. The summed E-state index contributed by atoms with van der Waals surface area (Å²) in [6.07, 6.45) is 4.30. The molecule has 0 radical (unpaired) electrons. The first-order valence-corrected chi connectivity index (χ1v) is 10.0. The number of benzene rings is 1. The maximum Gasteiger partial charge on any atom is 0.229 e. The Hall–Kier alpha value is -2.21. The summed E-state index contributed by atoms with van der Waals surface area (Å²) in [4.78, 5) is 32.3. The molecule has 2 aromatic rings. The van der Waals surface area contributed by atoms with Crippen LogP contribution < -0.4 is 5.32 Å². The Morgan fingerprint density at radius 1 is 1.35 bits per heavy atom. The van der Waals surface area contributed by atoms with Crippen LogP contribution in [-0.4, -0.2) is 28.2 Å². The summed E-state index contributed by atoms with van der Waals surface area (Å²) in [7, 11) is 0. The van der Waals surface area contributed by atoms with Crippen LogP contribution in [0.2, 0.25) is 0 Å². The van der Waals surface area contributed by atoms with Crippen molar-refractivity contribution in [3.63, 3.8) is 0 Å². The second kappa shape index (κ2) is 7.19. The number of thiazole rings is 1. The van der Waals surface area contributed by atoms with Gasteiger partial charge >= 0.3 is 0 Å². The van der Waals surface area contributed by atoms with Crippen LogP contribution >= 0.6 is 11.3 Å². The molecule has 1 N–H and O–H groups in total. The zero-order valence-corrected chi connectivity index (χ0v) is 15.8. The summed E-state index contributed by atoms with van der Waals surface area (Å²) in [5.41, 5.74) is 3.25. The molecule has 1 fully saturated rings. The van der Waals surface area contributed by atoms with Crippen molar-refractivity contribution < 1.29 is 9.59 Å². The highest BCUT2D eigenvalue weighted by atomic mass is 32.1. The standard InChI is InChI=1S/C20H23N3O2S/c1-13-4-2-5-14(10-13)11-18(24)23-9-8-16-17(12-23)26-20(21-16)22-19(25)15-6-3-7-15/h2,4-5,10,15H,3,6-9,11-12H2,1H3,(H,21,22,25). The summed E-state index contributed by atoms with van der Waals surface area (Å²) in [5, 5.41) is 3.64. The molecule has 4 rings (SSSR count). The highest BCUT2D eigenvalue weighted by molar-refractivity contribution is 7.15. The maximum absolute atomic E-state index is 12.6. The zero-order chi connectivity index (χ0) is 18.1. The molecule has 1 saturated carbocycles. The van der Waals surface area contributed by atoms with E-state index in [-0.39, 0.29) is 17.7 Å². The fraction of sp³-hybridized carbons (Fsp3) is 0.450. The van der Waals surface area contributed by atoms with Gasteiger partial charge in [0, 0.05) is 23.8 Å². The van der Waals surface area contributed by atoms with Gasteiger partial charge in [-0.25, -0.2) is 4.98 Å². The number of aryl methyl sites for hydroxylation is 1. The first kappa shape index (κ1) is 17.2. The van der Waals surface area contributed by atoms with Gasteiger partial charge in [-0.15, -0.1) is 0 Å². The number of fused-ring (bicyclic) bond motifs is 1. The van der Waals surface area contributed by atoms with Crippen LogP contribution in [-0.2, 0) is 29.0 Å². The van der Waals surface area contributed by atoms with Crippen molar-refractivity contribution >= 4 is 28.3 Å². The van der Waals surface area contributed by atoms with Crippen LogP contribution in [0.3, 0.4) is 0 Å². The van der Waals surface area contributed by atoms with E-state index in [9.17, 15) is 9.59 Å². The number of anilines is 1. The Balaban J connectivity index is 1.39. The highest BCUT2D eigenvalue weighted by Gasteiger charge is 2.28. The Labute approximate surface area is 157 Å². The number of aromatic nitrogens is 1. The average molecular weight is 369 g/mol. The Morgan fingerprint density at radius 3 is 2.92 bits per heavy atom. The number of hydrogen-bond acceptors (Lipinski definition) is 4. The van der Waals surface area contributed by atoms with Gasteiger partial charge in [0.1, 0.15) is 0 Å². The lowest BCUT2D eigenvalue weighted by atomic mass is 9.85. The van der Waals surface area contributed by atoms with Gasteiger partial charge in [0.25, 0.3) is 0 Å². The predicted molar refractivity (Wildman–Crippen MR) is 102 cm³/mol. The maximum atomic E-state index is 12.6. The zero-order valence-electron chi connectivity index (χ0n) is 15.0. The summed E-state index contributed by atoms with van der Waals surface area (Å²) in [6.45, 7) is 3.33. The second-order valence-electron chi connectivity index (χ2n) is 7.24. The van der Waals surface area contributed by atoms with Crippen molar-refractivity contribution in [2.45, 2.75) is 45.6 Å². The van der Waals surface area contributed by atoms with Crippen LogP contribution in [0.4, 0.5) is 5.13 Å². The third-order valence-electron chi connectivity index (χ3n) is 5.23. The second-order valence-corrected chi connectivity index (χ2v) is 8.32. The van der Waals surface area contributed by atoms with Gasteiger partial charge in [-0.05, 0) is 25.3 Å². The van der Waals surface area contributed by atoms with E-state index in [1.54, 1.807) is 0 Å². The van der Waals surface area contributed by atoms with Crippen LogP contribution in [0.1, 0.15) is 41.0 Å². The van der Waals surface area contributed by atoms with Gasteiger partial charge < -0.3 is 10.2 Å². The molecular weight excluding hydrogens is 346 g/mol. The molecule has 1 aromatic carbocycles. The lowest BCUT2D eigenvalue weighted by Gasteiger charge is -2.26. The van der Waals surface area contributed by atoms with Crippen LogP contribution in [0.5, 0.6) is 0 Å². The van der Waals surface area contributed by atoms with Gasteiger partial charge in [0.05, 0.1) is 18.7 Å². The minimum Gasteiger partial charge on any atom is -0.337 e. The molecule has 2 amide bonds. The van der Waals surface area contributed by atoms with E-state index in [1.807, 2.05) is 30.0 Å². The summed E-state index contributed by atoms with van der Waals surface area (Å²) in [6, 6.07) is 8.10. The van der Waals surface area contributed by atoms with Gasteiger partial charge in [0.2, 0.25) is 11.8 Å². The fourth-order valence-corrected chi connectivity index (χ4v) is 4.47. The van der Waals surface area contributed by atoms with E-state index < -0.39 is 0 Å². The molecule has 5 nitrogen and oxygen atoms in total. The van der Waals surface area contributed by atoms with Crippen molar-refractivity contribution in [3.8, 4) is 0 Å². The molecule has 1 aliphatic heterocycles. The number of carbonyl (C=O) groups is 2. The molecule has 0 bridgehead atoms. The third kappa shape index (κ3) is 3.65. The van der Waals surface area contributed by atoms with Gasteiger partial charge in [-0.3, -0.25) is 9.59 Å². The highest BCUT2D eigenvalue weighted by Crippen LogP contribution is 2.31. The summed E-state index contributed by atoms with van der Waals surface area (Å²) >= 11 is 1.51. The lowest BCUT2D eigenvalue weighted by Crippen LogP contribution is -2.36. The number of nitrogens with zero attached hydrogens (tertiary/aromatic N) is 2. The molecule has 2 aliphatic rings. The fourth-order valence-electron chi connectivity index (χ4n) is 3.45. The molecule has 0 saturated heterocycles. The first-order chi connectivity index (χ1) is 12.6. The van der Waals surface area contributed by atoms with Gasteiger partial charge in [0.15, 0.2) is 5.13 Å². The largest absolute Gasteiger partial charge is 0.337 e. The summed E-state index contributed by atoms with van der Waals surface area (Å²) in [5.74, 6) is 0.396. The topological polar surface area (TPSA) is 62.3 Å². The van der Waals surface area contributed by atoms with Crippen LogP contribution in [0, 0.1) is 12.8 Å². The molecule has 2 heterocycles. The van der Waals surface area contributed by atoms with Crippen molar-refractivity contribution in [1.82, 2.24) is 9.88 Å². The first-order valence-electron chi connectivity index (χ1n) is 9.21. The van der Waals surface area contributed by atoms with E-state index >= 15 is 0 Å². The van der Waals surface area contributed by atoms with Crippen molar-refractivity contribution in [1.29, 1.82) is 0 Å². The molecule has 26 heavy (non-hydrogen) atoms. The minimum absolute atomic E-state index is 0.0923. The number of rotatable bonds is 4. The van der Waals surface area contributed by atoms with E-state index in [0.717, 1.165) is 41.8 Å². The van der Waals surface area contributed by atoms with Crippen LogP contribution in [0.25, 0.3) is 0 Å². The molecule has 0 atom stereocenters. The number of amides is 2. The van der Waals surface area contributed by atoms with E-state index in [2.05, 4.69) is 16.4 Å². The molecule has 0 unspecified atom stereocenters. The Bertz CT molecular complexity index is 841. The number of nitrogens with one attached hydrogen (secondary N) is 1. The smallest absolute Gasteiger partial charge is 0.229 e. The molecule has 1 aliphatic carbocycles. The molecule has 1 aromatic heterocycles. The van der Waals surface area contributed by atoms with Gasteiger partial charge in [-0.1, -0.05) is 47.6 Å². The Kier molecular flexibility index (Phi) is 4.76. The summed E-state index contributed by atoms with van der Waals surface area (Å²) < 4.78 is 0. The quantitative estimate of drug-likeness (QED) is 0.899. The lowest BCUT2D eigenvalue weighted by molar-refractivity contribution is -0.131. The SMILES string of the molecule is Cc1cccc(CC(=O)N2CCc3nc(NC(=O)C4CCC4)sc3C2)c1. The average Bonchev–Trinajstić information content (AvgIpc) is 2.94. The monoisotopic (exact) mass is 369 g/mol. The molecule has 136 valence electrons. The third-order valence-corrected chi connectivity index (χ3v) is 6.23. The molecule has 0 spiro atoms. The van der Waals surface area contributed by atoms with E-state index in [4.69, 9.17) is 0 Å². The number of carbonyl (C=O) groups excluding carboxylic acids is 2. The van der Waals surface area contributed by atoms with Crippen molar-refractivity contribution in [2.75, 3.05) is 11.9 Å². The molecular formula is C20H23N3O2S. The molecule has 6 heteroatoms. The predicted octanol–water partition coefficient (Wildman–Crippen LogP) is 3.32. The van der Waals surface area contributed by atoms with Crippen molar-refractivity contribution in [2.24, 2.45) is 5.92 Å². The van der Waals surface area contributed by atoms with Crippen LogP contribution in [0.15, 0.2) is 24.3 Å². The normalized spacial score (nSPS) is 16.7. The Morgan fingerprint density at radius 2 is 2.19 bits per heavy atom.